The van der Waals surface area contributed by atoms with Crippen molar-refractivity contribution >= 4 is 37.1 Å². The average Bonchev–Trinajstić information content (AvgIpc) is 2.87. The molecule has 0 saturated carbocycles. The third-order valence-electron chi connectivity index (χ3n) is 5.83. The lowest BCUT2D eigenvalue weighted by molar-refractivity contribution is 0.132. The SMILES string of the molecule is CC(C)(C)Oc1ccccc1P(CCP(c1ccccc1)c1ccccc1OC(C)(C)C)c1ccccc1. The van der Waals surface area contributed by atoms with E-state index < -0.39 is 15.8 Å². The summed E-state index contributed by atoms with van der Waals surface area (Å²) in [6, 6.07) is 39.2. The molecule has 2 atom stereocenters. The zero-order chi connectivity index (χ0) is 27.2. The molecule has 0 aliphatic rings. The van der Waals surface area contributed by atoms with Gasteiger partial charge >= 0.3 is 0 Å². The molecule has 0 radical (unpaired) electrons. The monoisotopic (exact) mass is 542 g/mol. The first-order valence-corrected chi connectivity index (χ1v) is 16.4. The summed E-state index contributed by atoms with van der Waals surface area (Å²) in [5, 5.41) is 5.39. The maximum absolute atomic E-state index is 6.49. The largest absolute Gasteiger partial charge is 0.487 e. The zero-order valence-electron chi connectivity index (χ0n) is 23.5. The van der Waals surface area contributed by atoms with Gasteiger partial charge in [-0.25, -0.2) is 0 Å². The van der Waals surface area contributed by atoms with E-state index in [1.165, 1.54) is 21.2 Å². The molecule has 4 rings (SSSR count). The average molecular weight is 543 g/mol. The Morgan fingerprint density at radius 3 is 1.11 bits per heavy atom. The summed E-state index contributed by atoms with van der Waals surface area (Å²) < 4.78 is 13.0. The smallest absolute Gasteiger partial charge is 0.128 e. The van der Waals surface area contributed by atoms with Crippen molar-refractivity contribution in [1.29, 1.82) is 0 Å². The number of para-hydroxylation sites is 2. The van der Waals surface area contributed by atoms with Crippen molar-refractivity contribution in [3.8, 4) is 11.5 Å². The molecular formula is C34H40O2P2. The molecule has 0 fully saturated rings. The molecule has 0 bridgehead atoms. The number of hydrogen-bond donors (Lipinski definition) is 0. The summed E-state index contributed by atoms with van der Waals surface area (Å²) in [5.41, 5.74) is -0.513. The minimum Gasteiger partial charge on any atom is -0.487 e. The van der Waals surface area contributed by atoms with Gasteiger partial charge in [-0.15, -0.1) is 0 Å². The Kier molecular flexibility index (Phi) is 9.30. The predicted octanol–water partition coefficient (Wildman–Crippen LogP) is 7.61. The maximum Gasteiger partial charge on any atom is 0.128 e. The zero-order valence-corrected chi connectivity index (χ0v) is 25.3. The van der Waals surface area contributed by atoms with Crippen molar-refractivity contribution in [2.24, 2.45) is 0 Å². The summed E-state index contributed by atoms with van der Waals surface area (Å²) in [4.78, 5) is 0. The van der Waals surface area contributed by atoms with E-state index in [4.69, 9.17) is 9.47 Å². The lowest BCUT2D eigenvalue weighted by Gasteiger charge is -2.29. The van der Waals surface area contributed by atoms with E-state index >= 15 is 0 Å². The van der Waals surface area contributed by atoms with Crippen LogP contribution < -0.4 is 30.7 Å². The minimum absolute atomic E-state index is 0.256. The fraction of sp³-hybridized carbons (Fsp3) is 0.294. The molecule has 38 heavy (non-hydrogen) atoms. The van der Waals surface area contributed by atoms with Crippen molar-refractivity contribution in [1.82, 2.24) is 0 Å². The molecular weight excluding hydrogens is 502 g/mol. The van der Waals surface area contributed by atoms with Gasteiger partial charge in [-0.05, 0) is 92.5 Å². The lowest BCUT2D eigenvalue weighted by Crippen LogP contribution is -2.28. The highest BCUT2D eigenvalue weighted by Crippen LogP contribution is 2.44. The van der Waals surface area contributed by atoms with Crippen LogP contribution in [-0.4, -0.2) is 23.5 Å². The van der Waals surface area contributed by atoms with Crippen LogP contribution in [0, 0.1) is 0 Å². The first kappa shape index (κ1) is 28.4. The second kappa shape index (κ2) is 12.5. The van der Waals surface area contributed by atoms with Crippen molar-refractivity contribution in [2.45, 2.75) is 52.7 Å². The van der Waals surface area contributed by atoms with Gasteiger partial charge < -0.3 is 9.47 Å². The molecule has 0 saturated heterocycles. The molecule has 4 aromatic carbocycles. The molecule has 0 N–H and O–H groups in total. The highest BCUT2D eigenvalue weighted by atomic mass is 31.1. The Hall–Kier alpha value is -2.66. The van der Waals surface area contributed by atoms with Crippen molar-refractivity contribution in [3.05, 3.63) is 109 Å². The van der Waals surface area contributed by atoms with Crippen LogP contribution in [-0.2, 0) is 0 Å². The molecule has 2 unspecified atom stereocenters. The third kappa shape index (κ3) is 7.92. The van der Waals surface area contributed by atoms with E-state index in [0.29, 0.717) is 0 Å². The number of rotatable bonds is 9. The summed E-state index contributed by atoms with van der Waals surface area (Å²) in [6.07, 6.45) is 2.13. The van der Waals surface area contributed by atoms with Gasteiger partial charge in [0.25, 0.3) is 0 Å². The van der Waals surface area contributed by atoms with Crippen molar-refractivity contribution in [3.63, 3.8) is 0 Å². The molecule has 198 valence electrons. The van der Waals surface area contributed by atoms with Crippen LogP contribution in [0.1, 0.15) is 41.5 Å². The fourth-order valence-electron chi connectivity index (χ4n) is 4.39. The molecule has 0 aromatic heterocycles. The number of ether oxygens (including phenoxy) is 2. The van der Waals surface area contributed by atoms with Gasteiger partial charge in [0.1, 0.15) is 22.7 Å². The van der Waals surface area contributed by atoms with Crippen LogP contribution in [0.15, 0.2) is 109 Å². The lowest BCUT2D eigenvalue weighted by atomic mass is 10.2. The summed E-state index contributed by atoms with van der Waals surface area (Å²) in [7, 11) is -1.25. The first-order chi connectivity index (χ1) is 18.1. The van der Waals surface area contributed by atoms with E-state index in [-0.39, 0.29) is 11.2 Å². The molecule has 0 heterocycles. The van der Waals surface area contributed by atoms with E-state index in [9.17, 15) is 0 Å². The minimum atomic E-state index is -0.624. The van der Waals surface area contributed by atoms with Crippen LogP contribution in [0.25, 0.3) is 0 Å². The highest BCUT2D eigenvalue weighted by molar-refractivity contribution is 7.76. The second-order valence-electron chi connectivity index (χ2n) is 11.3. The van der Waals surface area contributed by atoms with Gasteiger partial charge in [-0.3, -0.25) is 0 Å². The van der Waals surface area contributed by atoms with Gasteiger partial charge in [-0.1, -0.05) is 97.1 Å². The fourth-order valence-corrected chi connectivity index (χ4v) is 9.91. The Balaban J connectivity index is 1.75. The van der Waals surface area contributed by atoms with Crippen LogP contribution in [0.3, 0.4) is 0 Å². The van der Waals surface area contributed by atoms with E-state index in [2.05, 4.69) is 151 Å². The number of benzene rings is 4. The quantitative estimate of drug-likeness (QED) is 0.203. The third-order valence-corrected chi connectivity index (χ3v) is 11.3. The van der Waals surface area contributed by atoms with Crippen LogP contribution in [0.4, 0.5) is 0 Å². The van der Waals surface area contributed by atoms with Crippen molar-refractivity contribution in [2.75, 3.05) is 12.3 Å². The number of hydrogen-bond acceptors (Lipinski definition) is 2. The Bertz CT molecular complexity index is 1190. The van der Waals surface area contributed by atoms with E-state index in [0.717, 1.165) is 23.8 Å². The summed E-state index contributed by atoms with van der Waals surface area (Å²) in [5.74, 6) is 1.99. The van der Waals surface area contributed by atoms with Crippen LogP contribution in [0.2, 0.25) is 0 Å². The predicted molar refractivity (Wildman–Crippen MR) is 169 cm³/mol. The maximum atomic E-state index is 6.49. The van der Waals surface area contributed by atoms with Crippen LogP contribution >= 0.6 is 15.8 Å². The molecule has 0 spiro atoms. The van der Waals surface area contributed by atoms with Gasteiger partial charge in [-0.2, -0.15) is 0 Å². The van der Waals surface area contributed by atoms with Crippen molar-refractivity contribution < 1.29 is 9.47 Å². The summed E-state index contributed by atoms with van der Waals surface area (Å²) >= 11 is 0. The van der Waals surface area contributed by atoms with Gasteiger partial charge in [0.2, 0.25) is 0 Å². The van der Waals surface area contributed by atoms with E-state index in [1.54, 1.807) is 0 Å². The molecule has 0 aliphatic carbocycles. The Labute approximate surface area is 231 Å². The van der Waals surface area contributed by atoms with Gasteiger partial charge in [0.15, 0.2) is 0 Å². The normalized spacial score (nSPS) is 13.5. The second-order valence-corrected chi connectivity index (χ2v) is 15.9. The van der Waals surface area contributed by atoms with E-state index in [1.807, 2.05) is 0 Å². The molecule has 4 aromatic rings. The molecule has 4 heteroatoms. The molecule has 2 nitrogen and oxygen atoms in total. The summed E-state index contributed by atoms with van der Waals surface area (Å²) in [6.45, 7) is 12.7. The van der Waals surface area contributed by atoms with Gasteiger partial charge in [0.05, 0.1) is 0 Å². The van der Waals surface area contributed by atoms with Crippen LogP contribution in [0.5, 0.6) is 11.5 Å². The van der Waals surface area contributed by atoms with Gasteiger partial charge in [0, 0.05) is 10.6 Å². The Morgan fingerprint density at radius 1 is 0.447 bits per heavy atom. The standard InChI is InChI=1S/C34H40O2P2/c1-33(2,3)35-29-21-13-15-23-31(29)37(27-17-9-7-10-18-27)25-26-38(28-19-11-8-12-20-28)32-24-16-14-22-30(32)36-34(4,5)6/h7-24H,25-26H2,1-6H3. The molecule has 0 amide bonds. The highest BCUT2D eigenvalue weighted by Gasteiger charge is 2.25. The topological polar surface area (TPSA) is 18.5 Å². The first-order valence-electron chi connectivity index (χ1n) is 13.3. The Morgan fingerprint density at radius 2 is 0.763 bits per heavy atom. The molecule has 0 aliphatic heterocycles.